The van der Waals surface area contributed by atoms with E-state index in [9.17, 15) is 19.7 Å². The summed E-state index contributed by atoms with van der Waals surface area (Å²) in [5.41, 5.74) is -0.604. The van der Waals surface area contributed by atoms with Crippen molar-refractivity contribution in [1.82, 2.24) is 14.5 Å². The minimum absolute atomic E-state index is 0.0284. The highest BCUT2D eigenvalue weighted by molar-refractivity contribution is 5.94. The number of rotatable bonds is 3. The predicted molar refractivity (Wildman–Crippen MR) is 84.4 cm³/mol. The number of nitrogens with zero attached hydrogens (tertiary/aromatic N) is 4. The average molecular weight is 339 g/mol. The van der Waals surface area contributed by atoms with Gasteiger partial charge < -0.3 is 25.1 Å². The van der Waals surface area contributed by atoms with Crippen molar-refractivity contribution in [2.75, 3.05) is 18.4 Å². The Bertz CT molecular complexity index is 663. The van der Waals surface area contributed by atoms with Crippen molar-refractivity contribution in [3.63, 3.8) is 0 Å². The lowest BCUT2D eigenvalue weighted by atomic mass is 10.1. The third kappa shape index (κ3) is 4.00. The molecule has 1 fully saturated rings. The van der Waals surface area contributed by atoms with Gasteiger partial charge >= 0.3 is 11.9 Å². The summed E-state index contributed by atoms with van der Waals surface area (Å²) in [6, 6.07) is 0. The summed E-state index contributed by atoms with van der Waals surface area (Å²) in [4.78, 5) is 39.7. The van der Waals surface area contributed by atoms with Gasteiger partial charge in [-0.2, -0.15) is 0 Å². The van der Waals surface area contributed by atoms with Crippen molar-refractivity contribution in [1.29, 1.82) is 0 Å². The zero-order valence-electron chi connectivity index (χ0n) is 14.1. The quantitative estimate of drug-likeness (QED) is 0.658. The molecule has 2 rings (SSSR count). The van der Waals surface area contributed by atoms with Crippen LogP contribution in [0.15, 0.2) is 6.33 Å². The highest BCUT2D eigenvalue weighted by Gasteiger charge is 2.34. The Labute approximate surface area is 138 Å². The minimum Gasteiger partial charge on any atom is -0.444 e. The van der Waals surface area contributed by atoms with Crippen LogP contribution in [0, 0.1) is 16.0 Å². The van der Waals surface area contributed by atoms with Crippen LogP contribution in [-0.4, -0.2) is 50.1 Å². The number of aromatic nitrogens is 2. The number of imidazole rings is 1. The largest absolute Gasteiger partial charge is 0.444 e. The molecule has 1 aromatic heterocycles. The first-order chi connectivity index (χ1) is 11.1. The van der Waals surface area contributed by atoms with E-state index >= 15 is 0 Å². The molecule has 24 heavy (non-hydrogen) atoms. The van der Waals surface area contributed by atoms with E-state index in [0.717, 1.165) is 0 Å². The van der Waals surface area contributed by atoms with Crippen molar-refractivity contribution in [2.24, 2.45) is 13.0 Å². The predicted octanol–water partition coefficient (Wildman–Crippen LogP) is 1.52. The van der Waals surface area contributed by atoms with Crippen LogP contribution >= 0.6 is 0 Å². The number of hydrogen-bond acceptors (Lipinski definition) is 6. The van der Waals surface area contributed by atoms with Crippen LogP contribution in [-0.2, 0) is 16.6 Å². The Hall–Kier alpha value is -2.65. The van der Waals surface area contributed by atoms with E-state index in [0.29, 0.717) is 13.0 Å². The van der Waals surface area contributed by atoms with Crippen LogP contribution in [0.4, 0.5) is 16.4 Å². The van der Waals surface area contributed by atoms with E-state index in [4.69, 9.17) is 4.74 Å². The number of ether oxygens (including phenoxy) is 1. The average Bonchev–Trinajstić information content (AvgIpc) is 3.05. The number of carbonyl (C=O) groups is 2. The molecule has 1 atom stereocenters. The van der Waals surface area contributed by atoms with Gasteiger partial charge in [-0.25, -0.2) is 4.79 Å². The molecule has 0 spiro atoms. The molecule has 1 saturated heterocycles. The van der Waals surface area contributed by atoms with E-state index in [-0.39, 0.29) is 18.3 Å². The summed E-state index contributed by atoms with van der Waals surface area (Å²) in [6.07, 6.45) is 1.26. The summed E-state index contributed by atoms with van der Waals surface area (Å²) in [6.45, 7) is 5.93. The van der Waals surface area contributed by atoms with Crippen molar-refractivity contribution in [3.05, 3.63) is 16.4 Å². The molecule has 10 nitrogen and oxygen atoms in total. The molecule has 10 heteroatoms. The Morgan fingerprint density at radius 1 is 1.46 bits per heavy atom. The Balaban J connectivity index is 1.99. The third-order valence-electron chi connectivity index (χ3n) is 3.54. The van der Waals surface area contributed by atoms with Gasteiger partial charge in [0.25, 0.3) is 0 Å². The summed E-state index contributed by atoms with van der Waals surface area (Å²) < 4.78 is 6.65. The monoisotopic (exact) mass is 339 g/mol. The second-order valence-electron chi connectivity index (χ2n) is 6.69. The third-order valence-corrected chi connectivity index (χ3v) is 3.54. The summed E-state index contributed by atoms with van der Waals surface area (Å²) in [5, 5.41) is 13.5. The molecule has 0 radical (unpaired) electrons. The molecule has 1 aliphatic rings. The van der Waals surface area contributed by atoms with Crippen LogP contribution in [0.1, 0.15) is 27.2 Å². The van der Waals surface area contributed by atoms with Crippen LogP contribution in [0.2, 0.25) is 0 Å². The van der Waals surface area contributed by atoms with E-state index in [1.54, 1.807) is 27.8 Å². The number of aryl methyl sites for hydroxylation is 1. The van der Waals surface area contributed by atoms with Gasteiger partial charge in [0.1, 0.15) is 5.60 Å². The molecule has 0 aliphatic carbocycles. The van der Waals surface area contributed by atoms with Gasteiger partial charge in [0, 0.05) is 20.1 Å². The fourth-order valence-electron chi connectivity index (χ4n) is 2.38. The van der Waals surface area contributed by atoms with Crippen molar-refractivity contribution in [2.45, 2.75) is 32.8 Å². The van der Waals surface area contributed by atoms with E-state index < -0.39 is 28.4 Å². The molecule has 0 bridgehead atoms. The molecular formula is C14H21N5O5. The van der Waals surface area contributed by atoms with Crippen LogP contribution < -0.4 is 5.32 Å². The fourth-order valence-corrected chi connectivity index (χ4v) is 2.38. The molecule has 1 unspecified atom stereocenters. The maximum atomic E-state index is 12.3. The normalized spacial score (nSPS) is 17.7. The Kier molecular flexibility index (Phi) is 4.76. The zero-order chi connectivity index (χ0) is 18.1. The number of hydrogen-bond donors (Lipinski definition) is 1. The van der Waals surface area contributed by atoms with Gasteiger partial charge in [-0.05, 0) is 37.1 Å². The molecular weight excluding hydrogens is 318 g/mol. The Morgan fingerprint density at radius 2 is 2.12 bits per heavy atom. The van der Waals surface area contributed by atoms with Gasteiger partial charge in [-0.15, -0.1) is 0 Å². The maximum Gasteiger partial charge on any atom is 0.410 e. The number of nitrogens with one attached hydrogen (secondary N) is 1. The molecule has 1 aromatic rings. The molecule has 2 amide bonds. The van der Waals surface area contributed by atoms with Crippen molar-refractivity contribution in [3.8, 4) is 0 Å². The molecule has 132 valence electrons. The first-order valence-electron chi connectivity index (χ1n) is 7.53. The van der Waals surface area contributed by atoms with Crippen LogP contribution in [0.25, 0.3) is 0 Å². The number of anilines is 1. The highest BCUT2D eigenvalue weighted by atomic mass is 16.6. The maximum absolute atomic E-state index is 12.3. The number of likely N-dealkylation sites (tertiary alicyclic amines) is 1. The molecule has 1 aliphatic heterocycles. The summed E-state index contributed by atoms with van der Waals surface area (Å²) in [7, 11) is 1.55. The zero-order valence-corrected chi connectivity index (χ0v) is 14.1. The second kappa shape index (κ2) is 6.46. The number of amides is 2. The summed E-state index contributed by atoms with van der Waals surface area (Å²) in [5.74, 6) is -1.21. The van der Waals surface area contributed by atoms with Crippen molar-refractivity contribution < 1.29 is 19.2 Å². The SMILES string of the molecule is Cn1cnc([N+](=O)[O-])c1NC(=O)C1CCN(C(=O)OC(C)(C)C)C1. The number of nitro groups is 1. The Morgan fingerprint density at radius 3 is 2.71 bits per heavy atom. The van der Waals surface area contributed by atoms with Crippen molar-refractivity contribution >= 4 is 23.6 Å². The van der Waals surface area contributed by atoms with Gasteiger partial charge in [0.15, 0.2) is 0 Å². The molecule has 0 aromatic carbocycles. The van der Waals surface area contributed by atoms with Gasteiger partial charge in [0.05, 0.1) is 5.92 Å². The smallest absolute Gasteiger partial charge is 0.410 e. The minimum atomic E-state index is -0.655. The van der Waals surface area contributed by atoms with Gasteiger partial charge in [-0.3, -0.25) is 9.36 Å². The molecule has 1 N–H and O–H groups in total. The first kappa shape index (κ1) is 17.7. The lowest BCUT2D eigenvalue weighted by Crippen LogP contribution is -2.36. The van der Waals surface area contributed by atoms with E-state index in [1.807, 2.05) is 0 Å². The molecule has 0 saturated carbocycles. The summed E-state index contributed by atoms with van der Waals surface area (Å²) >= 11 is 0. The second-order valence-corrected chi connectivity index (χ2v) is 6.69. The number of carbonyl (C=O) groups excluding carboxylic acids is 2. The standard InChI is InChI=1S/C14H21N5O5/c1-14(2,3)24-13(21)18-6-5-9(7-18)12(20)16-11-10(19(22)23)15-8-17(11)4/h8-9H,5-7H2,1-4H3,(H,16,20). The van der Waals surface area contributed by atoms with Gasteiger partial charge in [0.2, 0.25) is 18.1 Å². The van der Waals surface area contributed by atoms with Gasteiger partial charge in [-0.1, -0.05) is 0 Å². The van der Waals surface area contributed by atoms with Crippen LogP contribution in [0.5, 0.6) is 0 Å². The van der Waals surface area contributed by atoms with Crippen LogP contribution in [0.3, 0.4) is 0 Å². The van der Waals surface area contributed by atoms with E-state index in [2.05, 4.69) is 10.3 Å². The molecule has 2 heterocycles. The van der Waals surface area contributed by atoms with E-state index in [1.165, 1.54) is 15.8 Å². The fraction of sp³-hybridized carbons (Fsp3) is 0.643. The first-order valence-corrected chi connectivity index (χ1v) is 7.53. The highest BCUT2D eigenvalue weighted by Crippen LogP contribution is 2.25. The lowest BCUT2D eigenvalue weighted by Gasteiger charge is -2.24. The topological polar surface area (TPSA) is 120 Å². The lowest BCUT2D eigenvalue weighted by molar-refractivity contribution is -0.388.